The van der Waals surface area contributed by atoms with E-state index in [9.17, 15) is 36.9 Å². The van der Waals surface area contributed by atoms with Crippen LogP contribution in [0, 0.1) is 0 Å². The number of hydroxylamine groups is 2. The molecule has 19 nitrogen and oxygen atoms in total. The van der Waals surface area contributed by atoms with Crippen molar-refractivity contribution in [2.45, 2.75) is 44.2 Å². The average Bonchev–Trinajstić information content (AvgIpc) is 3.58. The minimum Gasteiger partial charge on any atom is -0.724 e. The Hall–Kier alpha value is -3.95. The van der Waals surface area contributed by atoms with E-state index in [1.54, 1.807) is 24.3 Å². The Bertz CT molecular complexity index is 1800. The zero-order chi connectivity index (χ0) is 34.7. The van der Waals surface area contributed by atoms with Gasteiger partial charge in [0.15, 0.2) is 17.9 Å². The van der Waals surface area contributed by atoms with Crippen LogP contribution in [0.15, 0.2) is 47.2 Å². The van der Waals surface area contributed by atoms with E-state index in [0.717, 1.165) is 35.4 Å². The Morgan fingerprint density at radius 1 is 1.30 bits per heavy atom. The first-order chi connectivity index (χ1) is 21.9. The summed E-state index contributed by atoms with van der Waals surface area (Å²) in [6.07, 6.45) is 4.72. The summed E-state index contributed by atoms with van der Waals surface area (Å²) in [7, 11) is -8.43. The number of rotatable bonds is 15. The van der Waals surface area contributed by atoms with Crippen LogP contribution in [0.3, 0.4) is 0 Å². The minimum atomic E-state index is -5.29. The molecular weight excluding hydrogens is 683 g/mol. The summed E-state index contributed by atoms with van der Waals surface area (Å²) in [5.41, 5.74) is 10.8. The summed E-state index contributed by atoms with van der Waals surface area (Å²) < 4.78 is 58.9. The number of ether oxygens (including phenoxy) is 1. The average molecular weight is 717 g/mol. The molecule has 1 fully saturated rings. The van der Waals surface area contributed by atoms with Gasteiger partial charge in [0.25, 0.3) is 17.7 Å². The Morgan fingerprint density at radius 3 is 2.53 bits per heavy atom. The molecule has 2 unspecified atom stereocenters. The number of hydrogen-bond acceptors (Lipinski definition) is 14. The zero-order valence-corrected chi connectivity index (χ0v) is 27.8. The van der Waals surface area contributed by atoms with Crippen molar-refractivity contribution in [3.63, 3.8) is 0 Å². The van der Waals surface area contributed by atoms with Crippen LogP contribution in [-0.4, -0.2) is 85.6 Å². The quantitative estimate of drug-likeness (QED) is 0.0244. The lowest BCUT2D eigenvalue weighted by atomic mass is 9.84. The van der Waals surface area contributed by atoms with E-state index in [1.807, 2.05) is 28.8 Å². The fraction of sp³-hybridized carbons (Fsp3) is 0.400. The van der Waals surface area contributed by atoms with E-state index < -0.39 is 59.6 Å². The SMILES string of the molecule is C[n+]1cc(-c2ccc(OCC(O/N=C(\C(=O)NC3C(=O)N(OS(=O)(=O)[O-])C3(C)C)c3csc(N)n3)P(=O)(O)O)cc2)cn1CCCN. The highest BCUT2D eigenvalue weighted by Gasteiger charge is 2.57. The van der Waals surface area contributed by atoms with E-state index >= 15 is 0 Å². The maximum Gasteiger partial charge on any atom is 0.372 e. The Kier molecular flexibility index (Phi) is 10.7. The number of thiazole rings is 1. The number of carbonyl (C=O) groups excluding carboxylic acids is 2. The van der Waals surface area contributed by atoms with Gasteiger partial charge in [0, 0.05) is 5.38 Å². The number of oxime groups is 1. The first kappa shape index (κ1) is 35.9. The molecule has 3 heterocycles. The third-order valence-electron chi connectivity index (χ3n) is 6.93. The standard InChI is InChI=1S/C25H33N8O11PS2/c1-25(2)21(23(35)33(25)44-47(39,40)41)29-22(34)20(18-14-46-24(27)28-18)30-43-19(45(36,37)38)13-42-17-7-5-15(6-8-17)16-11-31(3)32(12-16)10-4-9-26/h5-8,11-12,14,19,21H,4,9-10,13,26H2,1-3H3,(H5-,27,28,29,34,36,37,38,39,40,41)/b30-20-. The smallest absolute Gasteiger partial charge is 0.372 e. The highest BCUT2D eigenvalue weighted by molar-refractivity contribution is 7.80. The van der Waals surface area contributed by atoms with Crippen LogP contribution < -0.4 is 26.2 Å². The number of nitrogens with two attached hydrogens (primary N) is 2. The number of amides is 2. The van der Waals surface area contributed by atoms with Crippen LogP contribution >= 0.6 is 18.9 Å². The highest BCUT2D eigenvalue weighted by atomic mass is 32.3. The van der Waals surface area contributed by atoms with Gasteiger partial charge in [0.1, 0.15) is 24.1 Å². The number of anilines is 1. The van der Waals surface area contributed by atoms with Crippen molar-refractivity contribution in [3.05, 3.63) is 47.7 Å². The minimum absolute atomic E-state index is 0.0139. The van der Waals surface area contributed by atoms with Gasteiger partial charge in [-0.2, -0.15) is 14.0 Å². The normalized spacial score (nSPS) is 17.3. The molecule has 2 amide bonds. The molecule has 0 aliphatic carbocycles. The van der Waals surface area contributed by atoms with Gasteiger partial charge in [-0.05, 0) is 44.5 Å². The van der Waals surface area contributed by atoms with Crippen LogP contribution in [0.5, 0.6) is 5.75 Å². The molecule has 2 atom stereocenters. The molecule has 7 N–H and O–H groups in total. The van der Waals surface area contributed by atoms with Gasteiger partial charge in [0.05, 0.1) is 23.8 Å². The maximum atomic E-state index is 13.2. The van der Waals surface area contributed by atoms with Crippen molar-refractivity contribution in [2.24, 2.45) is 17.9 Å². The molecule has 1 aromatic carbocycles. The number of β-lactam (4-membered cyclic amide) rings is 1. The van der Waals surface area contributed by atoms with Crippen LogP contribution in [-0.2, 0) is 47.3 Å². The van der Waals surface area contributed by atoms with Gasteiger partial charge in [-0.1, -0.05) is 17.3 Å². The number of carbonyl (C=O) groups is 2. The van der Waals surface area contributed by atoms with Crippen molar-refractivity contribution >= 4 is 52.0 Å². The molecule has 0 spiro atoms. The molecule has 0 radical (unpaired) electrons. The van der Waals surface area contributed by atoms with Gasteiger partial charge in [0.2, 0.25) is 16.6 Å². The van der Waals surface area contributed by atoms with Gasteiger partial charge < -0.3 is 40.7 Å². The van der Waals surface area contributed by atoms with Crippen molar-refractivity contribution < 1.29 is 55.5 Å². The third-order valence-corrected chi connectivity index (χ3v) is 8.93. The Labute approximate surface area is 272 Å². The molecule has 256 valence electrons. The molecular formula is C25H33N8O11PS2. The Balaban J connectivity index is 1.48. The van der Waals surface area contributed by atoms with Crippen LogP contribution in [0.25, 0.3) is 11.1 Å². The topological polar surface area (TPSA) is 278 Å². The second-order valence-electron chi connectivity index (χ2n) is 10.8. The van der Waals surface area contributed by atoms with Crippen LogP contribution in [0.4, 0.5) is 5.13 Å². The lowest BCUT2D eigenvalue weighted by Crippen LogP contribution is -2.76. The van der Waals surface area contributed by atoms with Gasteiger partial charge in [-0.25, -0.2) is 13.4 Å². The molecule has 1 saturated heterocycles. The van der Waals surface area contributed by atoms with E-state index in [4.69, 9.17) is 21.0 Å². The Morgan fingerprint density at radius 2 is 1.98 bits per heavy atom. The molecule has 3 aromatic rings. The van der Waals surface area contributed by atoms with E-state index in [-0.39, 0.29) is 16.6 Å². The van der Waals surface area contributed by atoms with E-state index in [2.05, 4.69) is 19.7 Å². The monoisotopic (exact) mass is 716 g/mol. The van der Waals surface area contributed by atoms with Crippen molar-refractivity contribution in [3.8, 4) is 16.9 Å². The number of benzene rings is 1. The predicted molar refractivity (Wildman–Crippen MR) is 164 cm³/mol. The van der Waals surface area contributed by atoms with Crippen LogP contribution in [0.1, 0.15) is 26.0 Å². The van der Waals surface area contributed by atoms with E-state index in [0.29, 0.717) is 11.6 Å². The third kappa shape index (κ3) is 8.70. The molecule has 1 aliphatic heterocycles. The summed E-state index contributed by atoms with van der Waals surface area (Å²) in [6.45, 7) is 3.25. The lowest BCUT2D eigenvalue weighted by Gasteiger charge is -2.51. The molecule has 2 aromatic heterocycles. The summed E-state index contributed by atoms with van der Waals surface area (Å²) in [4.78, 5) is 54.6. The molecule has 0 bridgehead atoms. The number of aryl methyl sites for hydroxylation is 2. The summed E-state index contributed by atoms with van der Waals surface area (Å²) in [5, 5.41) is 7.56. The van der Waals surface area contributed by atoms with Crippen LogP contribution in [0.2, 0.25) is 0 Å². The largest absolute Gasteiger partial charge is 0.724 e. The van der Waals surface area contributed by atoms with Gasteiger partial charge in [-0.3, -0.25) is 14.2 Å². The lowest BCUT2D eigenvalue weighted by molar-refractivity contribution is -0.753. The van der Waals surface area contributed by atoms with Crippen molar-refractivity contribution in [1.29, 1.82) is 0 Å². The van der Waals surface area contributed by atoms with Gasteiger partial charge >= 0.3 is 7.60 Å². The molecule has 0 saturated carbocycles. The number of aromatic nitrogens is 3. The van der Waals surface area contributed by atoms with Gasteiger partial charge in [-0.15, -0.1) is 16.0 Å². The van der Waals surface area contributed by atoms with E-state index in [1.165, 1.54) is 19.2 Å². The maximum absolute atomic E-state index is 13.2. The first-order valence-electron chi connectivity index (χ1n) is 13.7. The fourth-order valence-corrected chi connectivity index (χ4v) is 5.85. The number of nitrogens with zero attached hydrogens (tertiary/aromatic N) is 5. The van der Waals surface area contributed by atoms with Crippen molar-refractivity contribution in [1.82, 2.24) is 20.0 Å². The first-order valence-corrected chi connectivity index (χ1v) is 17.6. The highest BCUT2D eigenvalue weighted by Crippen LogP contribution is 2.42. The summed E-state index contributed by atoms with van der Waals surface area (Å²) >= 11 is 0.916. The number of nitrogen functional groups attached to an aromatic ring is 1. The van der Waals surface area contributed by atoms with Crippen molar-refractivity contribution in [2.75, 3.05) is 18.9 Å². The summed E-state index contributed by atoms with van der Waals surface area (Å²) in [6, 6.07) is 5.34. The molecule has 4 rings (SSSR count). The second kappa shape index (κ2) is 14.0. The number of nitrogens with one attached hydrogen (secondary N) is 1. The summed E-state index contributed by atoms with van der Waals surface area (Å²) in [5.74, 6) is -3.89. The second-order valence-corrected chi connectivity index (χ2v) is 14.4. The predicted octanol–water partition coefficient (Wildman–Crippen LogP) is -0.832. The molecule has 47 heavy (non-hydrogen) atoms. The molecule has 1 aliphatic rings. The number of hydrogen-bond donors (Lipinski definition) is 5. The molecule has 22 heteroatoms. The zero-order valence-electron chi connectivity index (χ0n) is 25.2. The fourth-order valence-electron chi connectivity index (χ4n) is 4.42.